The summed E-state index contributed by atoms with van der Waals surface area (Å²) in [5.74, 6) is 5.43. The van der Waals surface area contributed by atoms with Crippen LogP contribution in [0.3, 0.4) is 0 Å². The van der Waals surface area contributed by atoms with Gasteiger partial charge in [-0.25, -0.2) is 4.98 Å². The summed E-state index contributed by atoms with van der Waals surface area (Å²) in [6.45, 7) is 1.44. The Morgan fingerprint density at radius 1 is 1.80 bits per heavy atom. The number of carbonyl (C=O) groups is 1. The molecule has 0 atom stereocenters. The molecule has 0 saturated carbocycles. The van der Waals surface area contributed by atoms with Crippen molar-refractivity contribution in [2.75, 3.05) is 5.32 Å². The van der Waals surface area contributed by atoms with E-state index in [9.17, 15) is 4.79 Å². The SMILES string of the molecule is CC(=O)Nc1nc(CSC(N)=NN)cs1. The molecule has 6 nitrogen and oxygen atoms in total. The Kier molecular flexibility index (Phi) is 4.37. The maximum atomic E-state index is 10.7. The first-order chi connectivity index (χ1) is 7.11. The van der Waals surface area contributed by atoms with Crippen LogP contribution < -0.4 is 16.9 Å². The van der Waals surface area contributed by atoms with Crippen molar-refractivity contribution in [3.05, 3.63) is 11.1 Å². The first-order valence-electron chi connectivity index (χ1n) is 4.00. The summed E-state index contributed by atoms with van der Waals surface area (Å²) in [4.78, 5) is 14.9. The molecule has 0 spiro atoms. The number of rotatable bonds is 3. The monoisotopic (exact) mass is 245 g/mol. The first kappa shape index (κ1) is 11.8. The molecule has 82 valence electrons. The second kappa shape index (κ2) is 5.56. The molecule has 1 heterocycles. The zero-order valence-electron chi connectivity index (χ0n) is 8.06. The van der Waals surface area contributed by atoms with Gasteiger partial charge in [0.1, 0.15) is 0 Å². The number of hydrazone groups is 1. The summed E-state index contributed by atoms with van der Waals surface area (Å²) in [6.07, 6.45) is 0. The molecule has 0 radical (unpaired) electrons. The predicted octanol–water partition coefficient (Wildman–Crippen LogP) is 0.523. The lowest BCUT2D eigenvalue weighted by atomic mass is 10.6. The molecular weight excluding hydrogens is 234 g/mol. The Morgan fingerprint density at radius 2 is 2.53 bits per heavy atom. The van der Waals surface area contributed by atoms with Crippen LogP contribution in [-0.4, -0.2) is 16.1 Å². The molecule has 0 aromatic carbocycles. The van der Waals surface area contributed by atoms with Gasteiger partial charge in [-0.3, -0.25) is 4.79 Å². The summed E-state index contributed by atoms with van der Waals surface area (Å²) in [7, 11) is 0. The summed E-state index contributed by atoms with van der Waals surface area (Å²) in [6, 6.07) is 0. The van der Waals surface area contributed by atoms with Crippen LogP contribution in [0.15, 0.2) is 10.5 Å². The van der Waals surface area contributed by atoms with Gasteiger partial charge in [0.15, 0.2) is 10.3 Å². The van der Waals surface area contributed by atoms with E-state index in [0.717, 1.165) is 5.69 Å². The predicted molar refractivity (Wildman–Crippen MR) is 63.5 cm³/mol. The Balaban J connectivity index is 2.49. The molecule has 0 unspecified atom stereocenters. The number of hydrogen-bond donors (Lipinski definition) is 3. The normalized spacial score (nSPS) is 11.4. The largest absolute Gasteiger partial charge is 0.377 e. The van der Waals surface area contributed by atoms with Crippen molar-refractivity contribution in [1.29, 1.82) is 0 Å². The lowest BCUT2D eigenvalue weighted by molar-refractivity contribution is -0.114. The van der Waals surface area contributed by atoms with Crippen LogP contribution in [0.2, 0.25) is 0 Å². The smallest absolute Gasteiger partial charge is 0.223 e. The summed E-state index contributed by atoms with van der Waals surface area (Å²) >= 11 is 2.66. The molecule has 0 saturated heterocycles. The van der Waals surface area contributed by atoms with Crippen LogP contribution in [0.4, 0.5) is 5.13 Å². The van der Waals surface area contributed by atoms with Crippen LogP contribution in [0, 0.1) is 0 Å². The van der Waals surface area contributed by atoms with E-state index in [-0.39, 0.29) is 5.91 Å². The lowest BCUT2D eigenvalue weighted by Gasteiger charge is -1.96. The van der Waals surface area contributed by atoms with Gasteiger partial charge in [0, 0.05) is 18.1 Å². The van der Waals surface area contributed by atoms with Gasteiger partial charge in [0.25, 0.3) is 0 Å². The highest BCUT2D eigenvalue weighted by atomic mass is 32.2. The number of amidine groups is 1. The second-order valence-electron chi connectivity index (χ2n) is 2.58. The van der Waals surface area contributed by atoms with Crippen molar-refractivity contribution in [1.82, 2.24) is 4.98 Å². The van der Waals surface area contributed by atoms with Gasteiger partial charge in [0.2, 0.25) is 5.91 Å². The minimum absolute atomic E-state index is 0.133. The van der Waals surface area contributed by atoms with Crippen molar-refractivity contribution < 1.29 is 4.79 Å². The molecule has 1 aromatic rings. The maximum absolute atomic E-state index is 10.7. The fourth-order valence-corrected chi connectivity index (χ4v) is 2.15. The van der Waals surface area contributed by atoms with Gasteiger partial charge in [-0.05, 0) is 0 Å². The van der Waals surface area contributed by atoms with Gasteiger partial charge in [0.05, 0.1) is 5.69 Å². The summed E-state index contributed by atoms with van der Waals surface area (Å²) in [5, 5.41) is 8.67. The van der Waals surface area contributed by atoms with E-state index < -0.39 is 0 Å². The standard InChI is InChI=1S/C7H11N5OS2/c1-4(13)10-7-11-5(3-15-7)2-14-6(8)12-9/h3H,2,9H2,1H3,(H2,8,12)(H,10,11,13). The second-order valence-corrected chi connectivity index (χ2v) is 4.43. The fraction of sp³-hybridized carbons (Fsp3) is 0.286. The van der Waals surface area contributed by atoms with E-state index in [0.29, 0.717) is 16.1 Å². The van der Waals surface area contributed by atoms with Gasteiger partial charge < -0.3 is 16.9 Å². The zero-order chi connectivity index (χ0) is 11.3. The van der Waals surface area contributed by atoms with Crippen molar-refractivity contribution >= 4 is 39.3 Å². The van der Waals surface area contributed by atoms with Crippen LogP contribution in [0.25, 0.3) is 0 Å². The van der Waals surface area contributed by atoms with E-state index in [2.05, 4.69) is 15.4 Å². The maximum Gasteiger partial charge on any atom is 0.223 e. The molecule has 0 aliphatic rings. The number of carbonyl (C=O) groups excluding carboxylic acids is 1. The number of nitrogens with two attached hydrogens (primary N) is 2. The van der Waals surface area contributed by atoms with Crippen LogP contribution >= 0.6 is 23.1 Å². The molecular formula is C7H11N5OS2. The Labute approximate surface area is 95.1 Å². The molecule has 8 heteroatoms. The molecule has 1 rings (SSSR count). The van der Waals surface area contributed by atoms with E-state index in [1.165, 1.54) is 30.0 Å². The van der Waals surface area contributed by atoms with Crippen molar-refractivity contribution in [2.45, 2.75) is 12.7 Å². The minimum Gasteiger partial charge on any atom is -0.377 e. The van der Waals surface area contributed by atoms with Crippen molar-refractivity contribution in [3.63, 3.8) is 0 Å². The van der Waals surface area contributed by atoms with E-state index in [1.807, 2.05) is 5.38 Å². The topological polar surface area (TPSA) is 106 Å². The number of thioether (sulfide) groups is 1. The summed E-state index contributed by atoms with van der Waals surface area (Å²) < 4.78 is 0. The Hall–Kier alpha value is -1.28. The molecule has 0 bridgehead atoms. The molecule has 1 aromatic heterocycles. The molecule has 15 heavy (non-hydrogen) atoms. The number of thiazole rings is 1. The highest BCUT2D eigenvalue weighted by molar-refractivity contribution is 8.13. The number of aromatic nitrogens is 1. The number of hydrogen-bond acceptors (Lipinski definition) is 6. The van der Waals surface area contributed by atoms with Crippen molar-refractivity contribution in [2.24, 2.45) is 16.7 Å². The lowest BCUT2D eigenvalue weighted by Crippen LogP contribution is -2.09. The van der Waals surface area contributed by atoms with E-state index in [4.69, 9.17) is 11.6 Å². The van der Waals surface area contributed by atoms with Crippen LogP contribution in [0.1, 0.15) is 12.6 Å². The Morgan fingerprint density at radius 3 is 3.13 bits per heavy atom. The average molecular weight is 245 g/mol. The summed E-state index contributed by atoms with van der Waals surface area (Å²) in [5.41, 5.74) is 6.24. The van der Waals surface area contributed by atoms with E-state index >= 15 is 0 Å². The van der Waals surface area contributed by atoms with Gasteiger partial charge in [-0.1, -0.05) is 11.8 Å². The molecule has 0 fully saturated rings. The molecule has 5 N–H and O–H groups in total. The quantitative estimate of drug-likeness (QED) is 0.311. The number of amides is 1. The minimum atomic E-state index is -0.133. The highest BCUT2D eigenvalue weighted by Crippen LogP contribution is 2.19. The first-order valence-corrected chi connectivity index (χ1v) is 5.86. The number of anilines is 1. The van der Waals surface area contributed by atoms with Gasteiger partial charge >= 0.3 is 0 Å². The van der Waals surface area contributed by atoms with Gasteiger partial charge in [-0.15, -0.1) is 11.3 Å². The van der Waals surface area contributed by atoms with Gasteiger partial charge in [-0.2, -0.15) is 5.10 Å². The fourth-order valence-electron chi connectivity index (χ4n) is 0.766. The molecule has 0 aliphatic carbocycles. The third kappa shape index (κ3) is 4.17. The number of nitrogens with one attached hydrogen (secondary N) is 1. The number of nitrogens with zero attached hydrogens (tertiary/aromatic N) is 2. The average Bonchev–Trinajstić information content (AvgIpc) is 2.61. The third-order valence-corrected chi connectivity index (χ3v) is 2.98. The van der Waals surface area contributed by atoms with Crippen LogP contribution in [0.5, 0.6) is 0 Å². The molecule has 1 amide bonds. The third-order valence-electron chi connectivity index (χ3n) is 1.33. The molecule has 0 aliphatic heterocycles. The zero-order valence-corrected chi connectivity index (χ0v) is 9.69. The highest BCUT2D eigenvalue weighted by Gasteiger charge is 2.04. The Bertz CT molecular complexity index is 375. The van der Waals surface area contributed by atoms with E-state index in [1.54, 1.807) is 0 Å². The van der Waals surface area contributed by atoms with Crippen molar-refractivity contribution in [3.8, 4) is 0 Å². The van der Waals surface area contributed by atoms with Crippen LogP contribution in [-0.2, 0) is 10.5 Å².